The maximum atomic E-state index is 10.6. The molecular formula is C21H26F6N2O4. The zero-order valence-electron chi connectivity index (χ0n) is 17.7. The van der Waals surface area contributed by atoms with E-state index in [4.69, 9.17) is 19.8 Å². The number of aliphatic carboxylic acids is 2. The summed E-state index contributed by atoms with van der Waals surface area (Å²) in [6, 6.07) is 7.05. The van der Waals surface area contributed by atoms with E-state index in [-0.39, 0.29) is 0 Å². The number of nitrogens with one attached hydrogen (secondary N) is 1. The number of benzene rings is 1. The van der Waals surface area contributed by atoms with Gasteiger partial charge in [0.25, 0.3) is 0 Å². The van der Waals surface area contributed by atoms with Crippen LogP contribution in [0.15, 0.2) is 18.2 Å². The van der Waals surface area contributed by atoms with E-state index in [0.717, 1.165) is 13.1 Å². The van der Waals surface area contributed by atoms with Crippen molar-refractivity contribution in [1.29, 1.82) is 0 Å². The van der Waals surface area contributed by atoms with Gasteiger partial charge in [-0.15, -0.1) is 0 Å². The molecule has 1 aromatic carbocycles. The first-order valence-corrected chi connectivity index (χ1v) is 10.5. The van der Waals surface area contributed by atoms with Crippen LogP contribution in [-0.2, 0) is 21.5 Å². The second-order valence-electron chi connectivity index (χ2n) is 8.17. The molecule has 0 radical (unpaired) electrons. The highest BCUT2D eigenvalue weighted by molar-refractivity contribution is 5.73. The van der Waals surface area contributed by atoms with Crippen LogP contribution in [0.5, 0.6) is 0 Å². The van der Waals surface area contributed by atoms with Crippen LogP contribution in [0, 0.1) is 0 Å². The third kappa shape index (κ3) is 6.99. The molecule has 0 bridgehead atoms. The molecule has 3 aliphatic rings. The maximum absolute atomic E-state index is 10.6. The van der Waals surface area contributed by atoms with Gasteiger partial charge in [0, 0.05) is 31.9 Å². The summed E-state index contributed by atoms with van der Waals surface area (Å²) in [5.74, 6) is -5.51. The molecule has 2 aliphatic heterocycles. The van der Waals surface area contributed by atoms with Crippen molar-refractivity contribution in [3.05, 3.63) is 29.3 Å². The lowest BCUT2D eigenvalue weighted by molar-refractivity contribution is -0.193. The van der Waals surface area contributed by atoms with Crippen LogP contribution in [0.1, 0.15) is 49.7 Å². The Bertz CT molecular complexity index is 811. The van der Waals surface area contributed by atoms with Crippen molar-refractivity contribution >= 4 is 17.6 Å². The molecule has 1 aliphatic carbocycles. The van der Waals surface area contributed by atoms with Gasteiger partial charge in [-0.1, -0.05) is 37.5 Å². The SMILES string of the molecule is O=C(O)C(F)(F)F.O=C(O)C(F)(F)F.c1cc2c3c(c1)C1(CCCCC1)CCN3CCNC2. The molecule has 1 aromatic rings. The fourth-order valence-corrected chi connectivity index (χ4v) is 4.54. The number of alkyl halides is 6. The highest BCUT2D eigenvalue weighted by Gasteiger charge is 2.41. The second-order valence-corrected chi connectivity index (χ2v) is 8.17. The van der Waals surface area contributed by atoms with E-state index in [1.807, 2.05) is 0 Å². The summed E-state index contributed by atoms with van der Waals surface area (Å²) in [7, 11) is 0. The van der Waals surface area contributed by atoms with Gasteiger partial charge in [-0.2, -0.15) is 26.3 Å². The molecule has 0 atom stereocenters. The predicted octanol–water partition coefficient (Wildman–Crippen LogP) is 4.47. The Hall–Kier alpha value is -2.50. The number of fused-ring (bicyclic) bond motifs is 1. The van der Waals surface area contributed by atoms with Crippen molar-refractivity contribution < 1.29 is 46.1 Å². The number of carbonyl (C=O) groups is 2. The van der Waals surface area contributed by atoms with Gasteiger partial charge in [-0.25, -0.2) is 9.59 Å². The number of anilines is 1. The van der Waals surface area contributed by atoms with E-state index in [2.05, 4.69) is 28.4 Å². The minimum Gasteiger partial charge on any atom is -0.475 e. The van der Waals surface area contributed by atoms with Crippen LogP contribution in [0.2, 0.25) is 0 Å². The number of rotatable bonds is 0. The minimum atomic E-state index is -5.08. The van der Waals surface area contributed by atoms with Crippen LogP contribution >= 0.6 is 0 Å². The topological polar surface area (TPSA) is 89.9 Å². The van der Waals surface area contributed by atoms with Gasteiger partial charge in [0.1, 0.15) is 0 Å². The van der Waals surface area contributed by atoms with Crippen LogP contribution in [0.25, 0.3) is 0 Å². The van der Waals surface area contributed by atoms with Gasteiger partial charge in [-0.05, 0) is 35.8 Å². The number of hydrogen-bond donors (Lipinski definition) is 3. The van der Waals surface area contributed by atoms with Crippen molar-refractivity contribution in [3.8, 4) is 0 Å². The van der Waals surface area contributed by atoms with Gasteiger partial charge >= 0.3 is 24.3 Å². The molecule has 186 valence electrons. The molecule has 33 heavy (non-hydrogen) atoms. The first-order chi connectivity index (χ1) is 15.3. The Morgan fingerprint density at radius 1 is 0.879 bits per heavy atom. The summed E-state index contributed by atoms with van der Waals surface area (Å²) in [6.07, 6.45) is -1.63. The highest BCUT2D eigenvalue weighted by atomic mass is 19.4. The lowest BCUT2D eigenvalue weighted by atomic mass is 9.65. The fraction of sp³-hybridized carbons (Fsp3) is 0.619. The van der Waals surface area contributed by atoms with Crippen LogP contribution in [0.4, 0.5) is 32.0 Å². The molecular weight excluding hydrogens is 458 g/mol. The lowest BCUT2D eigenvalue weighted by Gasteiger charge is -2.46. The summed E-state index contributed by atoms with van der Waals surface area (Å²) in [5, 5.41) is 17.8. The number of carboxylic acid groups (broad SMARTS) is 2. The Labute approximate surface area is 186 Å². The quantitative estimate of drug-likeness (QED) is 0.471. The van der Waals surface area contributed by atoms with Crippen molar-refractivity contribution in [2.24, 2.45) is 0 Å². The first-order valence-electron chi connectivity index (χ1n) is 10.5. The van der Waals surface area contributed by atoms with Crippen molar-refractivity contribution in [2.75, 3.05) is 24.5 Å². The van der Waals surface area contributed by atoms with Gasteiger partial charge in [0.2, 0.25) is 0 Å². The number of nitrogens with zero attached hydrogens (tertiary/aromatic N) is 1. The third-order valence-electron chi connectivity index (χ3n) is 6.04. The predicted molar refractivity (Wildman–Crippen MR) is 107 cm³/mol. The first kappa shape index (κ1) is 26.7. The molecule has 2 heterocycles. The lowest BCUT2D eigenvalue weighted by Crippen LogP contribution is -2.42. The van der Waals surface area contributed by atoms with Gasteiger partial charge in [0.15, 0.2) is 0 Å². The molecule has 0 saturated heterocycles. The number of carboxylic acids is 2. The van der Waals surface area contributed by atoms with Crippen molar-refractivity contribution in [1.82, 2.24) is 5.32 Å². The Kier molecular flexibility index (Phi) is 8.61. The average Bonchev–Trinajstić information content (AvgIpc) is 2.94. The molecule has 4 rings (SSSR count). The van der Waals surface area contributed by atoms with Crippen molar-refractivity contribution in [3.63, 3.8) is 0 Å². The van der Waals surface area contributed by atoms with Crippen molar-refractivity contribution in [2.45, 2.75) is 62.8 Å². The molecule has 0 aromatic heterocycles. The molecule has 0 unspecified atom stereocenters. The number of para-hydroxylation sites is 1. The van der Waals surface area contributed by atoms with Gasteiger partial charge < -0.3 is 20.4 Å². The molecule has 1 spiro atoms. The minimum absolute atomic E-state index is 0.518. The summed E-state index contributed by atoms with van der Waals surface area (Å²) >= 11 is 0. The molecule has 1 fully saturated rings. The Balaban J connectivity index is 0.000000230. The molecule has 1 saturated carbocycles. The zero-order chi connectivity index (χ0) is 24.9. The highest BCUT2D eigenvalue weighted by Crippen LogP contribution is 2.49. The van der Waals surface area contributed by atoms with Crippen LogP contribution in [-0.4, -0.2) is 54.1 Å². The van der Waals surface area contributed by atoms with E-state index in [1.165, 1.54) is 57.2 Å². The van der Waals surface area contributed by atoms with E-state index >= 15 is 0 Å². The van der Waals surface area contributed by atoms with E-state index in [0.29, 0.717) is 5.41 Å². The summed E-state index contributed by atoms with van der Waals surface area (Å²) in [6.45, 7) is 4.63. The smallest absolute Gasteiger partial charge is 0.475 e. The zero-order valence-corrected chi connectivity index (χ0v) is 17.7. The van der Waals surface area contributed by atoms with Crippen LogP contribution < -0.4 is 10.2 Å². The second kappa shape index (κ2) is 10.6. The fourth-order valence-electron chi connectivity index (χ4n) is 4.54. The monoisotopic (exact) mass is 484 g/mol. The van der Waals surface area contributed by atoms with Crippen LogP contribution in [0.3, 0.4) is 0 Å². The number of hydrogen-bond acceptors (Lipinski definition) is 4. The van der Waals surface area contributed by atoms with E-state index in [9.17, 15) is 26.3 Å². The Morgan fingerprint density at radius 3 is 1.94 bits per heavy atom. The summed E-state index contributed by atoms with van der Waals surface area (Å²) in [5.41, 5.74) is 5.32. The molecule has 6 nitrogen and oxygen atoms in total. The average molecular weight is 484 g/mol. The van der Waals surface area contributed by atoms with E-state index in [1.54, 1.807) is 11.3 Å². The molecule has 12 heteroatoms. The van der Waals surface area contributed by atoms with Gasteiger partial charge in [-0.3, -0.25) is 0 Å². The standard InChI is InChI=1S/C17H24N2.2C2HF3O2/c1-2-7-17(8-3-1)9-11-19-12-10-18-13-14-5-4-6-15(17)16(14)19;2*3-2(4,5)1(6)7/h4-6,18H,1-3,7-13H2;2*(H,6,7). The normalized spacial score (nSPS) is 19.2. The third-order valence-corrected chi connectivity index (χ3v) is 6.04. The molecule has 3 N–H and O–H groups in total. The largest absolute Gasteiger partial charge is 0.490 e. The summed E-state index contributed by atoms with van der Waals surface area (Å²) in [4.78, 5) is 20.4. The summed E-state index contributed by atoms with van der Waals surface area (Å²) < 4.78 is 63.5. The van der Waals surface area contributed by atoms with E-state index < -0.39 is 24.3 Å². The van der Waals surface area contributed by atoms with Gasteiger partial charge in [0.05, 0.1) is 0 Å². The maximum Gasteiger partial charge on any atom is 0.490 e. The number of halogens is 6. The molecule has 0 amide bonds. The Morgan fingerprint density at radius 2 is 1.42 bits per heavy atom.